The van der Waals surface area contributed by atoms with Crippen molar-refractivity contribution in [3.05, 3.63) is 69.5 Å². The number of benzene rings is 2. The van der Waals surface area contributed by atoms with E-state index in [-0.39, 0.29) is 27.8 Å². The number of ether oxygens (including phenoxy) is 2. The largest absolute Gasteiger partial charge is 0.497 e. The van der Waals surface area contributed by atoms with Gasteiger partial charge in [0.25, 0.3) is 11.6 Å². The van der Waals surface area contributed by atoms with E-state index >= 15 is 0 Å². The molecule has 1 amide bonds. The van der Waals surface area contributed by atoms with E-state index in [1.807, 2.05) is 6.92 Å². The van der Waals surface area contributed by atoms with Crippen LogP contribution in [0.1, 0.15) is 17.4 Å². The Labute approximate surface area is 171 Å². The number of nitro groups is 1. The number of amides is 1. The van der Waals surface area contributed by atoms with Crippen molar-refractivity contribution in [1.29, 1.82) is 0 Å². The number of carbonyl (C=O) groups excluding carboxylic acids is 1. The van der Waals surface area contributed by atoms with Gasteiger partial charge in [0.15, 0.2) is 0 Å². The van der Waals surface area contributed by atoms with Crippen LogP contribution in [0.3, 0.4) is 0 Å². The van der Waals surface area contributed by atoms with E-state index in [4.69, 9.17) is 21.1 Å². The van der Waals surface area contributed by atoms with Crippen LogP contribution in [0.4, 0.5) is 11.4 Å². The molecular weight excluding hydrogens is 400 g/mol. The number of non-ortho nitro benzene ring substituents is 1. The second-order valence-corrected chi connectivity index (χ2v) is 6.27. The Morgan fingerprint density at radius 1 is 1.21 bits per heavy atom. The van der Waals surface area contributed by atoms with Crippen LogP contribution in [0.15, 0.2) is 48.7 Å². The Kier molecular flexibility index (Phi) is 5.99. The Hall–Kier alpha value is -3.59. The highest BCUT2D eigenvalue weighted by atomic mass is 35.5. The monoisotopic (exact) mass is 416 g/mol. The molecular formula is C19H17ClN4O5. The molecule has 150 valence electrons. The van der Waals surface area contributed by atoms with Gasteiger partial charge in [0.2, 0.25) is 0 Å². The van der Waals surface area contributed by atoms with E-state index in [9.17, 15) is 14.9 Å². The summed E-state index contributed by atoms with van der Waals surface area (Å²) in [6.45, 7) is 2.25. The summed E-state index contributed by atoms with van der Waals surface area (Å²) in [5, 5.41) is 18.1. The molecule has 0 fully saturated rings. The van der Waals surface area contributed by atoms with Crippen molar-refractivity contribution in [2.24, 2.45) is 0 Å². The van der Waals surface area contributed by atoms with Crippen molar-refractivity contribution in [2.75, 3.05) is 12.4 Å². The predicted molar refractivity (Wildman–Crippen MR) is 107 cm³/mol. The molecule has 1 aromatic heterocycles. The molecule has 0 saturated heterocycles. The molecule has 10 heteroatoms. The summed E-state index contributed by atoms with van der Waals surface area (Å²) < 4.78 is 12.2. The zero-order valence-electron chi connectivity index (χ0n) is 15.6. The fourth-order valence-corrected chi connectivity index (χ4v) is 2.84. The molecule has 0 saturated carbocycles. The topological polar surface area (TPSA) is 109 Å². The Bertz CT molecular complexity index is 1050. The normalized spacial score (nSPS) is 10.4. The van der Waals surface area contributed by atoms with Gasteiger partial charge in [-0.25, -0.2) is 0 Å². The van der Waals surface area contributed by atoms with Gasteiger partial charge in [0.05, 0.1) is 35.0 Å². The van der Waals surface area contributed by atoms with E-state index < -0.39 is 10.8 Å². The molecule has 0 spiro atoms. The van der Waals surface area contributed by atoms with E-state index in [1.54, 1.807) is 31.4 Å². The summed E-state index contributed by atoms with van der Waals surface area (Å²) in [6, 6.07) is 10.7. The van der Waals surface area contributed by atoms with Crippen LogP contribution >= 0.6 is 11.6 Å². The summed E-state index contributed by atoms with van der Waals surface area (Å²) in [5.41, 5.74) is 0.118. The van der Waals surface area contributed by atoms with Crippen molar-refractivity contribution in [3.63, 3.8) is 0 Å². The highest BCUT2D eigenvalue weighted by Crippen LogP contribution is 2.31. The maximum Gasteiger partial charge on any atom is 0.275 e. The third-order valence-electron chi connectivity index (χ3n) is 3.96. The number of nitro benzene ring substituents is 1. The number of methoxy groups -OCH3 is 1. The van der Waals surface area contributed by atoms with Gasteiger partial charge in [-0.1, -0.05) is 11.6 Å². The van der Waals surface area contributed by atoms with Crippen molar-refractivity contribution in [3.8, 4) is 17.2 Å². The number of carbonyl (C=O) groups is 1. The van der Waals surface area contributed by atoms with Gasteiger partial charge in [0, 0.05) is 18.7 Å². The quantitative estimate of drug-likeness (QED) is 0.448. The third-order valence-corrected chi connectivity index (χ3v) is 4.24. The Morgan fingerprint density at radius 3 is 2.52 bits per heavy atom. The highest BCUT2D eigenvalue weighted by molar-refractivity contribution is 6.34. The maximum atomic E-state index is 12.6. The first-order valence-corrected chi connectivity index (χ1v) is 8.93. The van der Waals surface area contributed by atoms with Crippen LogP contribution in [-0.2, 0) is 6.54 Å². The van der Waals surface area contributed by atoms with Crippen molar-refractivity contribution >= 4 is 28.9 Å². The highest BCUT2D eigenvalue weighted by Gasteiger charge is 2.19. The van der Waals surface area contributed by atoms with Gasteiger partial charge in [-0.15, -0.1) is 0 Å². The van der Waals surface area contributed by atoms with Crippen molar-refractivity contribution in [2.45, 2.75) is 13.5 Å². The molecule has 29 heavy (non-hydrogen) atoms. The van der Waals surface area contributed by atoms with Crippen LogP contribution in [0, 0.1) is 10.1 Å². The van der Waals surface area contributed by atoms with E-state index in [2.05, 4.69) is 10.4 Å². The lowest BCUT2D eigenvalue weighted by Crippen LogP contribution is -2.18. The van der Waals surface area contributed by atoms with Crippen LogP contribution in [0.2, 0.25) is 5.02 Å². The lowest BCUT2D eigenvalue weighted by molar-refractivity contribution is -0.384. The molecule has 9 nitrogen and oxygen atoms in total. The first kappa shape index (κ1) is 20.2. The summed E-state index contributed by atoms with van der Waals surface area (Å²) in [5.74, 6) is 0.754. The van der Waals surface area contributed by atoms with Crippen LogP contribution in [0.25, 0.3) is 0 Å². The second-order valence-electron chi connectivity index (χ2n) is 5.86. The minimum Gasteiger partial charge on any atom is -0.497 e. The smallest absolute Gasteiger partial charge is 0.275 e. The number of nitrogens with zero attached hydrogens (tertiary/aromatic N) is 3. The first-order chi connectivity index (χ1) is 13.9. The molecule has 0 radical (unpaired) electrons. The van der Waals surface area contributed by atoms with E-state index in [0.717, 1.165) is 0 Å². The van der Waals surface area contributed by atoms with Gasteiger partial charge in [-0.2, -0.15) is 5.10 Å². The van der Waals surface area contributed by atoms with Gasteiger partial charge in [-0.3, -0.25) is 19.6 Å². The molecule has 2 aromatic carbocycles. The minimum atomic E-state index is -0.570. The summed E-state index contributed by atoms with van der Waals surface area (Å²) in [7, 11) is 1.54. The van der Waals surface area contributed by atoms with Gasteiger partial charge < -0.3 is 14.8 Å². The third kappa shape index (κ3) is 4.64. The van der Waals surface area contributed by atoms with Gasteiger partial charge >= 0.3 is 0 Å². The van der Waals surface area contributed by atoms with Crippen LogP contribution in [-0.4, -0.2) is 27.7 Å². The number of rotatable bonds is 7. The van der Waals surface area contributed by atoms with Crippen LogP contribution in [0.5, 0.6) is 17.2 Å². The molecule has 1 heterocycles. The lowest BCUT2D eigenvalue weighted by atomic mass is 10.2. The fraction of sp³-hybridized carbons (Fsp3) is 0.158. The molecule has 3 rings (SSSR count). The SMILES string of the molecule is CCn1ncc(Cl)c1C(=O)Nc1cc(Oc2ccc(OC)cc2)cc([N+](=O)[O-])c1. The molecule has 3 aromatic rings. The summed E-state index contributed by atoms with van der Waals surface area (Å²) in [4.78, 5) is 23.3. The fourth-order valence-electron chi connectivity index (χ4n) is 2.62. The lowest BCUT2D eigenvalue weighted by Gasteiger charge is -2.11. The number of nitrogens with one attached hydrogen (secondary N) is 1. The molecule has 1 N–H and O–H groups in total. The molecule has 0 atom stereocenters. The molecule has 0 bridgehead atoms. The number of anilines is 1. The number of aromatic nitrogens is 2. The van der Waals surface area contributed by atoms with Crippen LogP contribution < -0.4 is 14.8 Å². The summed E-state index contributed by atoms with van der Waals surface area (Å²) >= 11 is 6.04. The standard InChI is InChI=1S/C19H17ClN4O5/c1-3-23-18(17(20)11-21-23)19(25)22-12-8-13(24(26)27)10-16(9-12)29-15-6-4-14(28-2)5-7-15/h4-11H,3H2,1-2H3,(H,22,25). The Balaban J connectivity index is 1.89. The molecule has 0 aliphatic rings. The number of aryl methyl sites for hydroxylation is 1. The zero-order chi connectivity index (χ0) is 21.0. The average Bonchev–Trinajstić information content (AvgIpc) is 3.09. The number of halogens is 1. The second kappa shape index (κ2) is 8.61. The average molecular weight is 417 g/mol. The molecule has 0 aliphatic carbocycles. The predicted octanol–water partition coefficient (Wildman–Crippen LogP) is 4.52. The number of hydrogen-bond acceptors (Lipinski definition) is 6. The Morgan fingerprint density at radius 2 is 1.90 bits per heavy atom. The minimum absolute atomic E-state index is 0.165. The van der Waals surface area contributed by atoms with E-state index in [0.29, 0.717) is 18.0 Å². The first-order valence-electron chi connectivity index (χ1n) is 8.55. The molecule has 0 aliphatic heterocycles. The number of hydrogen-bond donors (Lipinski definition) is 1. The summed E-state index contributed by atoms with van der Waals surface area (Å²) in [6.07, 6.45) is 1.37. The van der Waals surface area contributed by atoms with Crippen molar-refractivity contribution in [1.82, 2.24) is 9.78 Å². The van der Waals surface area contributed by atoms with Gasteiger partial charge in [0.1, 0.15) is 22.9 Å². The zero-order valence-corrected chi connectivity index (χ0v) is 16.3. The van der Waals surface area contributed by atoms with E-state index in [1.165, 1.54) is 29.1 Å². The van der Waals surface area contributed by atoms with Crippen molar-refractivity contribution < 1.29 is 19.2 Å². The molecule has 0 unspecified atom stereocenters. The van der Waals surface area contributed by atoms with Gasteiger partial charge in [-0.05, 0) is 31.2 Å². The maximum absolute atomic E-state index is 12.6.